The van der Waals surface area contributed by atoms with Crippen LogP contribution in [0.4, 0.5) is 0 Å². The zero-order valence-corrected chi connectivity index (χ0v) is 16.8. The van der Waals surface area contributed by atoms with Crippen LogP contribution in [0, 0.1) is 5.41 Å². The lowest BCUT2D eigenvalue weighted by molar-refractivity contribution is 0.000830. The molecule has 1 spiro atoms. The quantitative estimate of drug-likeness (QED) is 0.405. The van der Waals surface area contributed by atoms with Gasteiger partial charge >= 0.3 is 0 Å². The van der Waals surface area contributed by atoms with Crippen molar-refractivity contribution >= 4 is 29.9 Å². The minimum absolute atomic E-state index is 0. The molecule has 3 rings (SSSR count). The number of guanidine groups is 1. The molecular formula is C16H31IN4O2. The normalized spacial score (nSPS) is 32.3. The number of nitrogens with one attached hydrogen (secondary N) is 1. The predicted molar refractivity (Wildman–Crippen MR) is 103 cm³/mol. The molecule has 2 unspecified atom stereocenters. The maximum atomic E-state index is 5.61. The van der Waals surface area contributed by atoms with Crippen LogP contribution in [0.3, 0.4) is 0 Å². The number of aliphatic imine (C=N–C) groups is 1. The minimum Gasteiger partial charge on any atom is -0.381 e. The van der Waals surface area contributed by atoms with Gasteiger partial charge in [0, 0.05) is 57.8 Å². The van der Waals surface area contributed by atoms with Gasteiger partial charge < -0.3 is 19.7 Å². The highest BCUT2D eigenvalue weighted by Gasteiger charge is 2.42. The smallest absolute Gasteiger partial charge is 0.193 e. The van der Waals surface area contributed by atoms with Crippen LogP contribution in [-0.2, 0) is 9.47 Å². The van der Waals surface area contributed by atoms with E-state index in [0.717, 1.165) is 65.1 Å². The van der Waals surface area contributed by atoms with Crippen LogP contribution in [0.5, 0.6) is 0 Å². The van der Waals surface area contributed by atoms with Gasteiger partial charge in [-0.05, 0) is 19.8 Å². The number of nitrogens with zero attached hydrogens (tertiary/aromatic N) is 3. The van der Waals surface area contributed by atoms with Crippen molar-refractivity contribution in [3.05, 3.63) is 0 Å². The molecule has 0 radical (unpaired) electrons. The molecular weight excluding hydrogens is 407 g/mol. The van der Waals surface area contributed by atoms with Crippen LogP contribution in [0.1, 0.15) is 19.8 Å². The molecule has 3 aliphatic rings. The predicted octanol–water partition coefficient (Wildman–Crippen LogP) is 1.01. The van der Waals surface area contributed by atoms with Crippen molar-refractivity contribution in [1.29, 1.82) is 0 Å². The molecule has 2 atom stereocenters. The Balaban J connectivity index is 0.00000192. The minimum atomic E-state index is 0. The Kier molecular flexibility index (Phi) is 7.37. The molecule has 0 amide bonds. The lowest BCUT2D eigenvalue weighted by Gasteiger charge is -2.33. The molecule has 0 aliphatic carbocycles. The van der Waals surface area contributed by atoms with Crippen LogP contribution in [-0.4, -0.2) is 88.0 Å². The van der Waals surface area contributed by atoms with E-state index < -0.39 is 0 Å². The summed E-state index contributed by atoms with van der Waals surface area (Å²) in [6.07, 6.45) is 2.43. The molecule has 0 aromatic rings. The average Bonchev–Trinajstić information content (AvgIpc) is 3.16. The van der Waals surface area contributed by atoms with Gasteiger partial charge in [-0.1, -0.05) is 0 Å². The highest BCUT2D eigenvalue weighted by atomic mass is 127. The number of hydrogen-bond donors (Lipinski definition) is 1. The average molecular weight is 438 g/mol. The molecule has 3 fully saturated rings. The Labute approximate surface area is 157 Å². The molecule has 0 bridgehead atoms. The van der Waals surface area contributed by atoms with Crippen molar-refractivity contribution in [2.75, 3.05) is 66.2 Å². The van der Waals surface area contributed by atoms with E-state index in [-0.39, 0.29) is 24.0 Å². The summed E-state index contributed by atoms with van der Waals surface area (Å²) in [5.74, 6) is 1.05. The van der Waals surface area contributed by atoms with Crippen molar-refractivity contribution in [2.24, 2.45) is 10.4 Å². The number of halogens is 1. The number of rotatable bonds is 3. The topological polar surface area (TPSA) is 49.3 Å². The van der Waals surface area contributed by atoms with Crippen molar-refractivity contribution in [3.8, 4) is 0 Å². The van der Waals surface area contributed by atoms with E-state index in [1.54, 1.807) is 0 Å². The zero-order chi connectivity index (χ0) is 15.4. The highest BCUT2D eigenvalue weighted by Crippen LogP contribution is 2.38. The molecule has 0 aromatic carbocycles. The molecule has 23 heavy (non-hydrogen) atoms. The van der Waals surface area contributed by atoms with Crippen molar-refractivity contribution in [1.82, 2.24) is 15.1 Å². The highest BCUT2D eigenvalue weighted by molar-refractivity contribution is 14.0. The van der Waals surface area contributed by atoms with Gasteiger partial charge in [-0.2, -0.15) is 0 Å². The van der Waals surface area contributed by atoms with Gasteiger partial charge in [-0.15, -0.1) is 24.0 Å². The third-order valence-electron chi connectivity index (χ3n) is 5.32. The fraction of sp³-hybridized carbons (Fsp3) is 0.938. The number of hydrogen-bond acceptors (Lipinski definition) is 4. The van der Waals surface area contributed by atoms with E-state index in [4.69, 9.17) is 9.47 Å². The Morgan fingerprint density at radius 1 is 1.26 bits per heavy atom. The summed E-state index contributed by atoms with van der Waals surface area (Å²) < 4.78 is 11.1. The maximum absolute atomic E-state index is 5.61. The summed E-state index contributed by atoms with van der Waals surface area (Å²) in [5.41, 5.74) is 0.385. The number of likely N-dealkylation sites (tertiary alicyclic amines) is 1. The Morgan fingerprint density at radius 2 is 2.13 bits per heavy atom. The van der Waals surface area contributed by atoms with E-state index in [1.165, 1.54) is 12.8 Å². The second kappa shape index (κ2) is 8.82. The largest absolute Gasteiger partial charge is 0.381 e. The van der Waals surface area contributed by atoms with Gasteiger partial charge in [0.15, 0.2) is 5.96 Å². The fourth-order valence-electron chi connectivity index (χ4n) is 3.82. The number of morpholine rings is 1. The second-order valence-electron chi connectivity index (χ2n) is 6.91. The molecule has 7 heteroatoms. The van der Waals surface area contributed by atoms with E-state index in [2.05, 4.69) is 27.0 Å². The van der Waals surface area contributed by atoms with E-state index >= 15 is 0 Å². The fourth-order valence-corrected chi connectivity index (χ4v) is 3.82. The molecule has 0 saturated carbocycles. The molecule has 134 valence electrons. The summed E-state index contributed by atoms with van der Waals surface area (Å²) in [6.45, 7) is 11.0. The van der Waals surface area contributed by atoms with Crippen LogP contribution in [0.2, 0.25) is 0 Å². The first-order valence-corrected chi connectivity index (χ1v) is 8.58. The third-order valence-corrected chi connectivity index (χ3v) is 5.32. The first-order chi connectivity index (χ1) is 10.7. The van der Waals surface area contributed by atoms with Crippen molar-refractivity contribution in [2.45, 2.75) is 25.8 Å². The summed E-state index contributed by atoms with van der Waals surface area (Å²) in [4.78, 5) is 9.36. The lowest BCUT2D eigenvalue weighted by atomic mass is 9.87. The van der Waals surface area contributed by atoms with E-state index in [0.29, 0.717) is 11.5 Å². The van der Waals surface area contributed by atoms with Gasteiger partial charge in [0.1, 0.15) is 0 Å². The molecule has 1 N–H and O–H groups in total. The third kappa shape index (κ3) is 4.70. The van der Waals surface area contributed by atoms with Crippen LogP contribution in [0.15, 0.2) is 4.99 Å². The van der Waals surface area contributed by atoms with Gasteiger partial charge in [-0.3, -0.25) is 9.89 Å². The van der Waals surface area contributed by atoms with Gasteiger partial charge in [0.05, 0.1) is 19.8 Å². The van der Waals surface area contributed by atoms with Gasteiger partial charge in [0.25, 0.3) is 0 Å². The summed E-state index contributed by atoms with van der Waals surface area (Å²) in [5, 5.41) is 3.54. The van der Waals surface area contributed by atoms with Crippen LogP contribution < -0.4 is 5.32 Å². The first kappa shape index (κ1) is 19.2. The monoisotopic (exact) mass is 438 g/mol. The Bertz CT molecular complexity index is 402. The maximum Gasteiger partial charge on any atom is 0.193 e. The van der Waals surface area contributed by atoms with Crippen LogP contribution in [0.25, 0.3) is 0 Å². The van der Waals surface area contributed by atoms with Gasteiger partial charge in [-0.25, -0.2) is 0 Å². The number of ether oxygens (including phenoxy) is 2. The SMILES string of the molecule is CN=C(NCCN1CCOCC1C)N1CCC2(CCOC2)C1.I. The van der Waals surface area contributed by atoms with Crippen molar-refractivity contribution < 1.29 is 9.47 Å². The summed E-state index contributed by atoms with van der Waals surface area (Å²) in [7, 11) is 1.88. The first-order valence-electron chi connectivity index (χ1n) is 8.58. The molecule has 3 heterocycles. The standard InChI is InChI=1S/C16H30N4O2.HI/c1-14-11-21-10-8-19(14)7-5-18-15(17-2)20-6-3-16(12-20)4-9-22-13-16;/h14H,3-13H2,1-2H3,(H,17,18);1H. The molecule has 6 nitrogen and oxygen atoms in total. The molecule has 3 saturated heterocycles. The molecule has 0 aromatic heterocycles. The van der Waals surface area contributed by atoms with Crippen molar-refractivity contribution in [3.63, 3.8) is 0 Å². The summed E-state index contributed by atoms with van der Waals surface area (Å²) >= 11 is 0. The zero-order valence-electron chi connectivity index (χ0n) is 14.4. The second-order valence-corrected chi connectivity index (χ2v) is 6.91. The molecule has 3 aliphatic heterocycles. The van der Waals surface area contributed by atoms with E-state index in [1.807, 2.05) is 7.05 Å². The summed E-state index contributed by atoms with van der Waals surface area (Å²) in [6, 6.07) is 0.517. The lowest BCUT2D eigenvalue weighted by Crippen LogP contribution is -2.48. The Morgan fingerprint density at radius 3 is 2.83 bits per heavy atom. The Hall–Kier alpha value is -0.120. The van der Waals surface area contributed by atoms with Gasteiger partial charge in [0.2, 0.25) is 0 Å². The van der Waals surface area contributed by atoms with Crippen LogP contribution >= 0.6 is 24.0 Å². The van der Waals surface area contributed by atoms with E-state index in [9.17, 15) is 0 Å².